The summed E-state index contributed by atoms with van der Waals surface area (Å²) in [6, 6.07) is 4.32. The van der Waals surface area contributed by atoms with Crippen LogP contribution in [0.5, 0.6) is 0 Å². The lowest BCUT2D eigenvalue weighted by Crippen LogP contribution is -1.76. The summed E-state index contributed by atoms with van der Waals surface area (Å²) in [5, 5.41) is 0. The summed E-state index contributed by atoms with van der Waals surface area (Å²) in [4.78, 5) is 4.26. The number of benzene rings is 1. The molecule has 0 aliphatic heterocycles. The number of nitrogens with zero attached hydrogens (tertiary/aromatic N) is 1. The normalized spacial score (nSPS) is 9.07. The lowest BCUT2D eigenvalue weighted by Gasteiger charge is -1.95. The summed E-state index contributed by atoms with van der Waals surface area (Å²) in [6.07, 6.45) is 1.25. The molecule has 1 aromatic heterocycles. The van der Waals surface area contributed by atoms with E-state index in [1.54, 1.807) is 11.3 Å². The molecule has 0 bridgehead atoms. The van der Waals surface area contributed by atoms with Crippen LogP contribution in [0.3, 0.4) is 0 Å². The van der Waals surface area contributed by atoms with Crippen LogP contribution in [0, 0.1) is 13.8 Å². The van der Waals surface area contributed by atoms with Crippen molar-refractivity contribution in [2.75, 3.05) is 0 Å². The summed E-state index contributed by atoms with van der Waals surface area (Å²) < 4.78 is 1.32. The number of hydrogen-bond acceptors (Lipinski definition) is 2. The molecule has 0 spiro atoms. The van der Waals surface area contributed by atoms with E-state index in [1.165, 1.54) is 22.2 Å². The molecule has 15 heavy (non-hydrogen) atoms. The number of aromatic nitrogens is 1. The van der Waals surface area contributed by atoms with E-state index in [9.17, 15) is 0 Å². The Morgan fingerprint density at radius 1 is 1.20 bits per heavy atom. The highest BCUT2D eigenvalue weighted by Crippen LogP contribution is 2.22. The van der Waals surface area contributed by atoms with Crippen molar-refractivity contribution >= 4 is 21.6 Å². The predicted molar refractivity (Wildman–Crippen MR) is 71.8 cm³/mol. The van der Waals surface area contributed by atoms with Gasteiger partial charge in [0.2, 0.25) is 0 Å². The van der Waals surface area contributed by atoms with E-state index < -0.39 is 0 Å². The molecule has 0 fully saturated rings. The first-order valence-corrected chi connectivity index (χ1v) is 5.87. The van der Waals surface area contributed by atoms with E-state index >= 15 is 0 Å². The lowest BCUT2D eigenvalue weighted by molar-refractivity contribution is 1.09. The molecule has 2 aromatic rings. The van der Waals surface area contributed by atoms with Crippen LogP contribution in [-0.2, 0) is 0 Å². The zero-order valence-electron chi connectivity index (χ0n) is 9.29. The minimum absolute atomic E-state index is 0. The fourth-order valence-electron chi connectivity index (χ4n) is 1.32. The Kier molecular flexibility index (Phi) is 6.18. The van der Waals surface area contributed by atoms with Gasteiger partial charge in [0.15, 0.2) is 0 Å². The average Bonchev–Trinajstić information content (AvgIpc) is 2.53. The topological polar surface area (TPSA) is 12.9 Å². The van der Waals surface area contributed by atoms with Crippen molar-refractivity contribution in [3.63, 3.8) is 0 Å². The molecule has 0 aliphatic carbocycles. The van der Waals surface area contributed by atoms with Crippen molar-refractivity contribution in [1.29, 1.82) is 0 Å². The van der Waals surface area contributed by atoms with Crippen LogP contribution < -0.4 is 0 Å². The van der Waals surface area contributed by atoms with Crippen LogP contribution in [0.4, 0.5) is 0 Å². The predicted octanol–water partition coefficient (Wildman–Crippen LogP) is 4.97. The van der Waals surface area contributed by atoms with Gasteiger partial charge in [0.05, 0.1) is 15.7 Å². The fraction of sp³-hybridized carbons (Fsp3) is 0.462. The molecule has 84 valence electrons. The van der Waals surface area contributed by atoms with Crippen LogP contribution in [0.15, 0.2) is 17.6 Å². The van der Waals surface area contributed by atoms with Gasteiger partial charge in [0.25, 0.3) is 0 Å². The molecule has 0 unspecified atom stereocenters. The third kappa shape index (κ3) is 3.63. The van der Waals surface area contributed by atoms with Crippen molar-refractivity contribution in [3.05, 3.63) is 28.8 Å². The summed E-state index contributed by atoms with van der Waals surface area (Å²) >= 11 is 1.71. The van der Waals surface area contributed by atoms with Gasteiger partial charge in [-0.15, -0.1) is 11.3 Å². The van der Waals surface area contributed by atoms with Gasteiger partial charge in [-0.3, -0.25) is 0 Å². The molecule has 2 rings (SSSR count). The third-order valence-corrected chi connectivity index (χ3v) is 2.74. The monoisotopic (exact) mass is 223 g/mol. The standard InChI is InChI=1S/C9H9NS.C3H8.CH4/c1-6-3-7(2)9-8(4-6)10-5-11-9;1-3-2;/h3-5H,1-2H3;3H2,1-2H3;1H4. The van der Waals surface area contributed by atoms with Gasteiger partial charge in [-0.2, -0.15) is 0 Å². The summed E-state index contributed by atoms with van der Waals surface area (Å²) in [5.74, 6) is 0. The summed E-state index contributed by atoms with van der Waals surface area (Å²) in [6.45, 7) is 8.49. The molecule has 0 aliphatic rings. The highest BCUT2D eigenvalue weighted by atomic mass is 32.1. The molecule has 0 radical (unpaired) electrons. The van der Waals surface area contributed by atoms with E-state index in [0.717, 1.165) is 5.52 Å². The number of rotatable bonds is 0. The Bertz CT molecular complexity index is 404. The Morgan fingerprint density at radius 3 is 2.40 bits per heavy atom. The first-order chi connectivity index (χ1) is 6.69. The van der Waals surface area contributed by atoms with Crippen LogP contribution in [0.1, 0.15) is 38.8 Å². The highest BCUT2D eigenvalue weighted by molar-refractivity contribution is 7.16. The van der Waals surface area contributed by atoms with E-state index in [4.69, 9.17) is 0 Å². The van der Waals surface area contributed by atoms with E-state index in [-0.39, 0.29) is 7.43 Å². The third-order valence-electron chi connectivity index (χ3n) is 1.76. The number of fused-ring (bicyclic) bond motifs is 1. The smallest absolute Gasteiger partial charge is 0.0817 e. The second kappa shape index (κ2) is 6.57. The van der Waals surface area contributed by atoms with Crippen molar-refractivity contribution in [3.8, 4) is 0 Å². The maximum Gasteiger partial charge on any atom is 0.0817 e. The summed E-state index contributed by atoms with van der Waals surface area (Å²) in [5.41, 5.74) is 5.66. The van der Waals surface area contributed by atoms with E-state index in [0.29, 0.717) is 0 Å². The second-order valence-corrected chi connectivity index (χ2v) is 4.34. The Hall–Kier alpha value is -0.890. The average molecular weight is 223 g/mol. The fourth-order valence-corrected chi connectivity index (χ4v) is 2.07. The molecular weight excluding hydrogens is 202 g/mol. The largest absolute Gasteiger partial charge is 0.245 e. The van der Waals surface area contributed by atoms with E-state index in [1.807, 2.05) is 5.51 Å². The molecular formula is C13H21NS. The molecule has 1 aromatic carbocycles. The minimum atomic E-state index is 0. The van der Waals surface area contributed by atoms with Crippen molar-refractivity contribution in [2.45, 2.75) is 41.5 Å². The van der Waals surface area contributed by atoms with Gasteiger partial charge in [-0.25, -0.2) is 4.98 Å². The first kappa shape index (κ1) is 14.1. The molecule has 2 heteroatoms. The maximum absolute atomic E-state index is 4.26. The molecule has 0 atom stereocenters. The lowest BCUT2D eigenvalue weighted by atomic mass is 10.1. The van der Waals surface area contributed by atoms with Crippen LogP contribution in [-0.4, -0.2) is 4.98 Å². The SMILES string of the molecule is C.CCC.Cc1cc(C)c2scnc2c1. The zero-order chi connectivity index (χ0) is 10.6. The Morgan fingerprint density at radius 2 is 1.80 bits per heavy atom. The number of hydrogen-bond donors (Lipinski definition) is 0. The molecule has 0 saturated heterocycles. The Balaban J connectivity index is 0.000000443. The number of aryl methyl sites for hydroxylation is 2. The maximum atomic E-state index is 4.26. The van der Waals surface area contributed by atoms with Gasteiger partial charge in [-0.1, -0.05) is 33.8 Å². The molecule has 0 amide bonds. The second-order valence-electron chi connectivity index (χ2n) is 3.49. The first-order valence-electron chi connectivity index (χ1n) is 4.99. The van der Waals surface area contributed by atoms with Gasteiger partial charge in [-0.05, 0) is 31.0 Å². The molecule has 1 nitrogen and oxygen atoms in total. The van der Waals surface area contributed by atoms with Gasteiger partial charge < -0.3 is 0 Å². The molecule has 1 heterocycles. The number of thiazole rings is 1. The highest BCUT2D eigenvalue weighted by Gasteiger charge is 1.99. The molecule has 0 saturated carbocycles. The van der Waals surface area contributed by atoms with Crippen molar-refractivity contribution in [2.24, 2.45) is 0 Å². The van der Waals surface area contributed by atoms with Crippen molar-refractivity contribution in [1.82, 2.24) is 4.98 Å². The zero-order valence-corrected chi connectivity index (χ0v) is 10.1. The molecule has 0 N–H and O–H groups in total. The quantitative estimate of drug-likeness (QED) is 0.614. The van der Waals surface area contributed by atoms with Gasteiger partial charge >= 0.3 is 0 Å². The van der Waals surface area contributed by atoms with Crippen LogP contribution in [0.2, 0.25) is 0 Å². The minimum Gasteiger partial charge on any atom is -0.245 e. The van der Waals surface area contributed by atoms with Crippen LogP contribution in [0.25, 0.3) is 10.2 Å². The van der Waals surface area contributed by atoms with Gasteiger partial charge in [0, 0.05) is 0 Å². The summed E-state index contributed by atoms with van der Waals surface area (Å²) in [7, 11) is 0. The van der Waals surface area contributed by atoms with E-state index in [2.05, 4.69) is 44.8 Å². The van der Waals surface area contributed by atoms with Crippen molar-refractivity contribution < 1.29 is 0 Å². The van der Waals surface area contributed by atoms with Gasteiger partial charge in [0.1, 0.15) is 0 Å². The van der Waals surface area contributed by atoms with Crippen LogP contribution >= 0.6 is 11.3 Å². The Labute approximate surface area is 97.2 Å².